The molecule has 9 heteroatoms. The Labute approximate surface area is 453 Å². The summed E-state index contributed by atoms with van der Waals surface area (Å²) >= 11 is 0. The van der Waals surface area contributed by atoms with Crippen LogP contribution < -0.4 is 5.32 Å². The number of aliphatic hydroxyl groups is 5. The third-order valence-corrected chi connectivity index (χ3v) is 13.6. The Morgan fingerprint density at radius 3 is 1.24 bits per heavy atom. The van der Waals surface area contributed by atoms with Crippen LogP contribution in [0.2, 0.25) is 0 Å². The summed E-state index contributed by atoms with van der Waals surface area (Å²) in [6, 6.07) is -0.817. The standard InChI is InChI=1S/C65H111NO8/c1-3-5-7-9-11-13-15-17-19-21-23-24-25-26-27-28-29-30-31-32-33-34-35-36-37-39-41-43-45-47-49-51-53-55-61(69)66-58(57-73-65-64(72)63(71)62(70)60(56-67)74-65)59(68)54-52-50-48-46-44-42-40-38-22-20-18-16-14-12-10-8-6-4-2/h5,7,11,13,17,19,23-24,26-27,29-30,32-33,35-36,52,54,58-60,62-65,67-68,70-72H,3-4,6,8-10,12,14-16,18,20-22,25,28,31,34,37-51,53,55-57H2,1-2H3,(H,66,69)/b7-5-,13-11-,19-17-,24-23-,27-26-,30-29-,33-32-,36-35-,54-52+. The zero-order valence-electron chi connectivity index (χ0n) is 47.1. The summed E-state index contributed by atoms with van der Waals surface area (Å²) in [7, 11) is 0. The number of carbonyl (C=O) groups excluding carboxylic acids is 1. The summed E-state index contributed by atoms with van der Waals surface area (Å²) < 4.78 is 11.3. The number of hydrogen-bond acceptors (Lipinski definition) is 8. The highest BCUT2D eigenvalue weighted by Gasteiger charge is 2.44. The Morgan fingerprint density at radius 1 is 0.473 bits per heavy atom. The maximum atomic E-state index is 13.1. The topological polar surface area (TPSA) is 149 Å². The zero-order valence-corrected chi connectivity index (χ0v) is 47.1. The molecule has 1 aliphatic heterocycles. The average Bonchev–Trinajstić information content (AvgIpc) is 3.40. The Kier molecular flexibility index (Phi) is 49.6. The molecule has 6 N–H and O–H groups in total. The molecule has 1 fully saturated rings. The molecule has 1 rings (SSSR count). The van der Waals surface area contributed by atoms with Crippen LogP contribution in [0, 0.1) is 0 Å². The maximum absolute atomic E-state index is 13.1. The minimum Gasteiger partial charge on any atom is -0.394 e. The van der Waals surface area contributed by atoms with Crippen LogP contribution in [0.1, 0.15) is 239 Å². The van der Waals surface area contributed by atoms with Gasteiger partial charge in [0.1, 0.15) is 24.4 Å². The molecule has 0 aromatic carbocycles. The monoisotopic (exact) mass is 1030 g/mol. The molecule has 74 heavy (non-hydrogen) atoms. The lowest BCUT2D eigenvalue weighted by Crippen LogP contribution is -2.60. The van der Waals surface area contributed by atoms with E-state index in [-0.39, 0.29) is 12.5 Å². The first-order chi connectivity index (χ1) is 36.3. The van der Waals surface area contributed by atoms with Gasteiger partial charge in [-0.25, -0.2) is 0 Å². The van der Waals surface area contributed by atoms with E-state index < -0.39 is 49.5 Å². The summed E-state index contributed by atoms with van der Waals surface area (Å²) in [5.41, 5.74) is 0. The predicted molar refractivity (Wildman–Crippen MR) is 313 cm³/mol. The van der Waals surface area contributed by atoms with Crippen molar-refractivity contribution in [2.24, 2.45) is 0 Å². The summed E-state index contributed by atoms with van der Waals surface area (Å²) in [6.45, 7) is 3.66. The van der Waals surface area contributed by atoms with E-state index in [1.165, 1.54) is 116 Å². The van der Waals surface area contributed by atoms with Crippen molar-refractivity contribution in [2.75, 3.05) is 13.2 Å². The Morgan fingerprint density at radius 2 is 0.838 bits per heavy atom. The second-order valence-electron chi connectivity index (χ2n) is 20.4. The van der Waals surface area contributed by atoms with E-state index in [4.69, 9.17) is 9.47 Å². The number of aliphatic hydroxyl groups excluding tert-OH is 5. The third-order valence-electron chi connectivity index (χ3n) is 13.6. The molecule has 0 saturated carbocycles. The van der Waals surface area contributed by atoms with Crippen molar-refractivity contribution in [3.63, 3.8) is 0 Å². The predicted octanol–water partition coefficient (Wildman–Crippen LogP) is 15.3. The molecule has 1 heterocycles. The van der Waals surface area contributed by atoms with E-state index in [0.717, 1.165) is 103 Å². The van der Waals surface area contributed by atoms with Gasteiger partial charge in [0.15, 0.2) is 6.29 Å². The Balaban J connectivity index is 2.22. The summed E-state index contributed by atoms with van der Waals surface area (Å²) in [5, 5.41) is 54.5. The largest absolute Gasteiger partial charge is 0.394 e. The first-order valence-electron chi connectivity index (χ1n) is 30.1. The number of amides is 1. The molecule has 1 amide bonds. The quantitative estimate of drug-likeness (QED) is 0.0261. The van der Waals surface area contributed by atoms with Crippen molar-refractivity contribution >= 4 is 5.91 Å². The fourth-order valence-corrected chi connectivity index (χ4v) is 8.88. The normalized spacial score (nSPS) is 19.8. The fourth-order valence-electron chi connectivity index (χ4n) is 8.88. The lowest BCUT2D eigenvalue weighted by Gasteiger charge is -2.40. The van der Waals surface area contributed by atoms with Gasteiger partial charge in [-0.3, -0.25) is 4.79 Å². The SMILES string of the molecule is CC/C=C\C/C=C\C/C=C\C/C=C\C/C=C\C/C=C\C/C=C\C/C=C\CCCCCCCCCCC(=O)NC(COC1OC(CO)C(O)C(O)C1O)C(O)/C=C/CCCCCCCCCCCCCCCCCC. The second-order valence-corrected chi connectivity index (χ2v) is 20.4. The molecule has 0 bridgehead atoms. The van der Waals surface area contributed by atoms with Gasteiger partial charge in [-0.15, -0.1) is 0 Å². The number of ether oxygens (including phenoxy) is 2. The van der Waals surface area contributed by atoms with Gasteiger partial charge < -0.3 is 40.3 Å². The molecular formula is C65H111NO8. The number of hydrogen-bond donors (Lipinski definition) is 6. The van der Waals surface area contributed by atoms with Crippen molar-refractivity contribution in [1.82, 2.24) is 5.32 Å². The third kappa shape index (κ3) is 42.0. The molecule has 424 valence electrons. The second kappa shape index (κ2) is 53.3. The molecule has 0 aliphatic carbocycles. The molecule has 7 unspecified atom stereocenters. The molecule has 9 nitrogen and oxygen atoms in total. The number of carbonyl (C=O) groups is 1. The van der Waals surface area contributed by atoms with E-state index in [1.54, 1.807) is 6.08 Å². The Bertz CT molecular complexity index is 1530. The van der Waals surface area contributed by atoms with Gasteiger partial charge in [-0.2, -0.15) is 0 Å². The van der Waals surface area contributed by atoms with Gasteiger partial charge in [0.05, 0.1) is 25.4 Å². The average molecular weight is 1030 g/mol. The van der Waals surface area contributed by atoms with Crippen LogP contribution in [0.5, 0.6) is 0 Å². The number of unbranched alkanes of at least 4 members (excludes halogenated alkanes) is 24. The summed E-state index contributed by atoms with van der Waals surface area (Å²) in [5.74, 6) is -0.189. The van der Waals surface area contributed by atoms with Crippen molar-refractivity contribution in [3.05, 3.63) is 109 Å². The Hall–Kier alpha value is -3.15. The molecule has 1 saturated heterocycles. The maximum Gasteiger partial charge on any atom is 0.220 e. The van der Waals surface area contributed by atoms with Crippen molar-refractivity contribution in [2.45, 2.75) is 281 Å². The lowest BCUT2D eigenvalue weighted by molar-refractivity contribution is -0.302. The summed E-state index contributed by atoms with van der Waals surface area (Å²) in [4.78, 5) is 13.1. The molecule has 0 aromatic heterocycles. The highest BCUT2D eigenvalue weighted by Crippen LogP contribution is 2.23. The zero-order chi connectivity index (χ0) is 53.6. The van der Waals surface area contributed by atoms with Crippen LogP contribution in [-0.2, 0) is 14.3 Å². The van der Waals surface area contributed by atoms with Gasteiger partial charge in [-0.05, 0) is 83.5 Å². The van der Waals surface area contributed by atoms with Gasteiger partial charge in [0.2, 0.25) is 5.91 Å². The number of nitrogens with one attached hydrogen (secondary N) is 1. The van der Waals surface area contributed by atoms with Crippen LogP contribution >= 0.6 is 0 Å². The highest BCUT2D eigenvalue weighted by molar-refractivity contribution is 5.76. The van der Waals surface area contributed by atoms with Crippen LogP contribution in [0.25, 0.3) is 0 Å². The molecular weight excluding hydrogens is 923 g/mol. The van der Waals surface area contributed by atoms with Crippen molar-refractivity contribution in [3.8, 4) is 0 Å². The summed E-state index contributed by atoms with van der Waals surface area (Å²) in [6.07, 6.45) is 71.5. The molecule has 1 aliphatic rings. The first-order valence-corrected chi connectivity index (χ1v) is 30.1. The lowest BCUT2D eigenvalue weighted by atomic mass is 9.99. The van der Waals surface area contributed by atoms with Crippen LogP contribution in [0.3, 0.4) is 0 Å². The minimum atomic E-state index is -1.57. The van der Waals surface area contributed by atoms with Gasteiger partial charge in [-0.1, -0.05) is 258 Å². The van der Waals surface area contributed by atoms with Crippen molar-refractivity contribution < 1.29 is 39.8 Å². The molecule has 0 spiro atoms. The van der Waals surface area contributed by atoms with E-state index in [0.29, 0.717) is 6.42 Å². The van der Waals surface area contributed by atoms with E-state index >= 15 is 0 Å². The molecule has 0 radical (unpaired) electrons. The minimum absolute atomic E-state index is 0.189. The van der Waals surface area contributed by atoms with Gasteiger partial charge in [0, 0.05) is 6.42 Å². The van der Waals surface area contributed by atoms with Crippen LogP contribution in [0.4, 0.5) is 0 Å². The van der Waals surface area contributed by atoms with Gasteiger partial charge in [0.25, 0.3) is 0 Å². The fraction of sp³-hybridized carbons (Fsp3) is 0.708. The van der Waals surface area contributed by atoms with E-state index in [1.807, 2.05) is 6.08 Å². The van der Waals surface area contributed by atoms with E-state index in [9.17, 15) is 30.3 Å². The smallest absolute Gasteiger partial charge is 0.220 e. The first kappa shape index (κ1) is 68.9. The van der Waals surface area contributed by atoms with Crippen LogP contribution in [0.15, 0.2) is 109 Å². The van der Waals surface area contributed by atoms with Gasteiger partial charge >= 0.3 is 0 Å². The van der Waals surface area contributed by atoms with Crippen LogP contribution in [-0.4, -0.2) is 87.5 Å². The van der Waals surface area contributed by atoms with Crippen molar-refractivity contribution in [1.29, 1.82) is 0 Å². The number of allylic oxidation sites excluding steroid dienone is 17. The highest BCUT2D eigenvalue weighted by atomic mass is 16.7. The van der Waals surface area contributed by atoms with E-state index in [2.05, 4.69) is 116 Å². The molecule has 7 atom stereocenters. The molecule has 0 aromatic rings. The number of rotatable bonds is 50.